The van der Waals surface area contributed by atoms with Gasteiger partial charge in [-0.05, 0) is 50.3 Å². The monoisotopic (exact) mass is 522 g/mol. The molecule has 1 aliphatic carbocycles. The molecule has 0 atom stereocenters. The minimum atomic E-state index is -3.26. The van der Waals surface area contributed by atoms with Gasteiger partial charge < -0.3 is 14.8 Å². The number of rotatable bonds is 7. The average Bonchev–Trinajstić information content (AvgIpc) is 3.17. The molecule has 0 aliphatic heterocycles. The van der Waals surface area contributed by atoms with Gasteiger partial charge in [-0.2, -0.15) is 0 Å². The van der Waals surface area contributed by atoms with E-state index in [4.69, 9.17) is 9.47 Å². The molecule has 0 radical (unpaired) electrons. The van der Waals surface area contributed by atoms with Crippen LogP contribution in [0.3, 0.4) is 0 Å². The number of halogens is 1. The quantitative estimate of drug-likeness (QED) is 0.459. The lowest BCUT2D eigenvalue weighted by Crippen LogP contribution is -2.40. The zero-order valence-corrected chi connectivity index (χ0v) is 21.5. The average molecular weight is 523 g/mol. The first-order valence-electron chi connectivity index (χ1n) is 11.1. The van der Waals surface area contributed by atoms with Crippen LogP contribution in [0.5, 0.6) is 5.75 Å². The Morgan fingerprint density at radius 2 is 1.94 bits per heavy atom. The predicted octanol–water partition coefficient (Wildman–Crippen LogP) is 4.25. The zero-order valence-electron chi connectivity index (χ0n) is 19.9. The topological polar surface area (TPSA) is 111 Å². The standard InChI is InChI=1S/C23H27FN4O5S2/c1-13-19-21(25-12-26-22(19)34-20(13)23(29)32-3)27-17-10-5-14(24)11-18(17)33-16-8-6-15(7-9-16)28(2)35(4,30)31/h5,10-12,15-16H,6-9H2,1-4H3,(H,25,26,27)/t15-,16+. The summed E-state index contributed by atoms with van der Waals surface area (Å²) in [7, 11) is -0.341. The second kappa shape index (κ2) is 10.0. The molecule has 188 valence electrons. The van der Waals surface area contributed by atoms with Gasteiger partial charge >= 0.3 is 5.97 Å². The Bertz CT molecular complexity index is 1350. The normalized spacial score (nSPS) is 18.6. The van der Waals surface area contributed by atoms with Gasteiger partial charge in [0.2, 0.25) is 10.0 Å². The van der Waals surface area contributed by atoms with E-state index in [0.29, 0.717) is 63.6 Å². The smallest absolute Gasteiger partial charge is 0.348 e. The number of sulfonamides is 1. The summed E-state index contributed by atoms with van der Waals surface area (Å²) in [6.07, 6.45) is 5.01. The third-order valence-corrected chi connectivity index (χ3v) is 8.79. The maximum absolute atomic E-state index is 14.1. The van der Waals surface area contributed by atoms with Crippen LogP contribution in [0.1, 0.15) is 40.9 Å². The first kappa shape index (κ1) is 25.3. The van der Waals surface area contributed by atoms with Crippen molar-refractivity contribution in [1.82, 2.24) is 14.3 Å². The number of hydrogen-bond acceptors (Lipinski definition) is 9. The van der Waals surface area contributed by atoms with Crippen LogP contribution in [-0.2, 0) is 14.8 Å². The molecule has 0 amide bonds. The number of carbonyl (C=O) groups is 1. The van der Waals surface area contributed by atoms with Crippen molar-refractivity contribution >= 4 is 49.1 Å². The number of nitrogens with zero attached hydrogens (tertiary/aromatic N) is 3. The largest absolute Gasteiger partial charge is 0.488 e. The van der Waals surface area contributed by atoms with Crippen molar-refractivity contribution in [3.63, 3.8) is 0 Å². The number of thiophene rings is 1. The molecule has 1 aliphatic rings. The first-order valence-corrected chi connectivity index (χ1v) is 13.7. The molecule has 1 fully saturated rings. The lowest BCUT2D eigenvalue weighted by molar-refractivity contribution is 0.0605. The maximum atomic E-state index is 14.1. The van der Waals surface area contributed by atoms with E-state index in [-0.39, 0.29) is 12.1 Å². The summed E-state index contributed by atoms with van der Waals surface area (Å²) in [6.45, 7) is 1.80. The fraction of sp³-hybridized carbons (Fsp3) is 0.435. The molecule has 0 saturated heterocycles. The van der Waals surface area contributed by atoms with Gasteiger partial charge in [0.1, 0.15) is 33.4 Å². The molecule has 1 saturated carbocycles. The number of methoxy groups -OCH3 is 1. The summed E-state index contributed by atoms with van der Waals surface area (Å²) in [5.74, 6) is -0.0884. The summed E-state index contributed by atoms with van der Waals surface area (Å²) in [5, 5.41) is 3.89. The molecule has 2 heterocycles. The highest BCUT2D eigenvalue weighted by Gasteiger charge is 2.29. The van der Waals surface area contributed by atoms with Crippen LogP contribution in [-0.4, -0.2) is 61.2 Å². The Labute approximate surface area is 207 Å². The van der Waals surface area contributed by atoms with Crippen molar-refractivity contribution in [3.8, 4) is 5.75 Å². The first-order chi connectivity index (χ1) is 16.6. The van der Waals surface area contributed by atoms with Gasteiger partial charge in [-0.3, -0.25) is 0 Å². The highest BCUT2D eigenvalue weighted by atomic mass is 32.2. The van der Waals surface area contributed by atoms with Gasteiger partial charge in [-0.25, -0.2) is 31.9 Å². The lowest BCUT2D eigenvalue weighted by atomic mass is 9.93. The van der Waals surface area contributed by atoms with Gasteiger partial charge in [0.15, 0.2) is 0 Å². The van der Waals surface area contributed by atoms with Gasteiger partial charge in [0.05, 0.1) is 30.5 Å². The Morgan fingerprint density at radius 3 is 2.60 bits per heavy atom. The number of anilines is 2. The maximum Gasteiger partial charge on any atom is 0.348 e. The van der Waals surface area contributed by atoms with Gasteiger partial charge in [0, 0.05) is 19.2 Å². The highest BCUT2D eigenvalue weighted by molar-refractivity contribution is 7.88. The number of fused-ring (bicyclic) bond motifs is 1. The molecule has 3 aromatic rings. The minimum absolute atomic E-state index is 0.0742. The Hall–Kier alpha value is -2.83. The van der Waals surface area contributed by atoms with Crippen LogP contribution in [0.25, 0.3) is 10.2 Å². The number of hydrogen-bond donors (Lipinski definition) is 1. The third kappa shape index (κ3) is 5.39. The Morgan fingerprint density at radius 1 is 1.23 bits per heavy atom. The van der Waals surface area contributed by atoms with Gasteiger partial charge in [0.25, 0.3) is 0 Å². The van der Waals surface area contributed by atoms with Gasteiger partial charge in [-0.1, -0.05) is 0 Å². The molecular weight excluding hydrogens is 495 g/mol. The number of aromatic nitrogens is 2. The van der Waals surface area contributed by atoms with Crippen LogP contribution in [0.2, 0.25) is 0 Å². The fourth-order valence-electron chi connectivity index (χ4n) is 4.26. The van der Waals surface area contributed by atoms with E-state index >= 15 is 0 Å². The number of ether oxygens (including phenoxy) is 2. The van der Waals surface area contributed by atoms with Crippen LogP contribution in [0.15, 0.2) is 24.5 Å². The minimum Gasteiger partial charge on any atom is -0.488 e. The molecule has 1 aromatic carbocycles. The Kier molecular flexibility index (Phi) is 7.25. The number of esters is 1. The molecule has 12 heteroatoms. The molecule has 35 heavy (non-hydrogen) atoms. The molecule has 0 bridgehead atoms. The molecule has 1 N–H and O–H groups in total. The van der Waals surface area contributed by atoms with E-state index in [0.717, 1.165) is 0 Å². The van der Waals surface area contributed by atoms with E-state index in [1.165, 1.54) is 47.5 Å². The second-order valence-electron chi connectivity index (χ2n) is 8.54. The number of nitrogens with one attached hydrogen (secondary N) is 1. The summed E-state index contributed by atoms with van der Waals surface area (Å²) >= 11 is 1.22. The summed E-state index contributed by atoms with van der Waals surface area (Å²) < 4.78 is 50.3. The third-order valence-electron chi connectivity index (χ3n) is 6.27. The van der Waals surface area contributed by atoms with E-state index in [1.54, 1.807) is 20.0 Å². The zero-order chi connectivity index (χ0) is 25.3. The molecule has 0 spiro atoms. The van der Waals surface area contributed by atoms with E-state index in [1.807, 2.05) is 0 Å². The van der Waals surface area contributed by atoms with Crippen molar-refractivity contribution in [1.29, 1.82) is 0 Å². The number of benzene rings is 1. The van der Waals surface area contributed by atoms with E-state index < -0.39 is 21.8 Å². The molecule has 0 unspecified atom stereocenters. The van der Waals surface area contributed by atoms with Crippen LogP contribution in [0, 0.1) is 12.7 Å². The van der Waals surface area contributed by atoms with Gasteiger partial charge in [-0.15, -0.1) is 11.3 Å². The molecule has 9 nitrogen and oxygen atoms in total. The molecular formula is C23H27FN4O5S2. The van der Waals surface area contributed by atoms with Crippen molar-refractivity contribution in [2.24, 2.45) is 0 Å². The number of carbonyl (C=O) groups excluding carboxylic acids is 1. The van der Waals surface area contributed by atoms with Crippen LogP contribution < -0.4 is 10.1 Å². The Balaban J connectivity index is 1.56. The van der Waals surface area contributed by atoms with Crippen LogP contribution in [0.4, 0.5) is 15.9 Å². The summed E-state index contributed by atoms with van der Waals surface area (Å²) in [4.78, 5) is 21.8. The highest BCUT2D eigenvalue weighted by Crippen LogP contribution is 2.37. The van der Waals surface area contributed by atoms with Crippen molar-refractivity contribution < 1.29 is 27.1 Å². The van der Waals surface area contributed by atoms with Crippen molar-refractivity contribution in [3.05, 3.63) is 40.8 Å². The summed E-state index contributed by atoms with van der Waals surface area (Å²) in [5.41, 5.74) is 1.21. The van der Waals surface area contributed by atoms with Crippen molar-refractivity contribution in [2.45, 2.75) is 44.8 Å². The SMILES string of the molecule is COC(=O)c1sc2ncnc(Nc3ccc(F)cc3O[C@H]3CC[C@@H](N(C)S(C)(=O)=O)CC3)c2c1C. The van der Waals surface area contributed by atoms with Crippen molar-refractivity contribution in [2.75, 3.05) is 25.7 Å². The van der Waals surface area contributed by atoms with E-state index in [2.05, 4.69) is 15.3 Å². The predicted molar refractivity (Wildman–Crippen MR) is 132 cm³/mol. The summed E-state index contributed by atoms with van der Waals surface area (Å²) in [6, 6.07) is 4.14. The number of aryl methyl sites for hydroxylation is 1. The fourth-order valence-corrected chi connectivity index (χ4v) is 6.07. The van der Waals surface area contributed by atoms with E-state index in [9.17, 15) is 17.6 Å². The molecule has 4 rings (SSSR count). The van der Waals surface area contributed by atoms with Crippen LogP contribution >= 0.6 is 11.3 Å². The lowest BCUT2D eigenvalue weighted by Gasteiger charge is -2.33. The second-order valence-corrected chi connectivity index (χ2v) is 11.6. The molecule has 2 aromatic heterocycles.